The Balaban J connectivity index is 2.65. The van der Waals surface area contributed by atoms with Crippen LogP contribution < -0.4 is 0 Å². The molecule has 80 valence electrons. The summed E-state index contributed by atoms with van der Waals surface area (Å²) >= 11 is 5.54. The molecule has 1 aromatic rings. The van der Waals surface area contributed by atoms with Gasteiger partial charge in [0.2, 0.25) is 0 Å². The fraction of sp³-hybridized carbons (Fsp3) is 0.667. The molecule has 0 aliphatic carbocycles. The first-order chi connectivity index (χ1) is 6.69. The van der Waals surface area contributed by atoms with Gasteiger partial charge < -0.3 is 0 Å². The SMILES string of the molecule is CCCc1ccc(C(C)C(C)CBr)s1. The maximum absolute atomic E-state index is 3.55. The lowest BCUT2D eigenvalue weighted by Crippen LogP contribution is -2.05. The third kappa shape index (κ3) is 3.09. The molecule has 2 unspecified atom stereocenters. The summed E-state index contributed by atoms with van der Waals surface area (Å²) in [6.07, 6.45) is 2.49. The minimum absolute atomic E-state index is 0.685. The molecule has 1 rings (SSSR count). The first kappa shape index (κ1) is 12.3. The molecular formula is C12H19BrS. The van der Waals surface area contributed by atoms with E-state index in [9.17, 15) is 0 Å². The molecule has 0 fully saturated rings. The van der Waals surface area contributed by atoms with Crippen LogP contribution in [0.15, 0.2) is 12.1 Å². The van der Waals surface area contributed by atoms with Gasteiger partial charge in [0.1, 0.15) is 0 Å². The second-order valence-electron chi connectivity index (χ2n) is 3.97. The van der Waals surface area contributed by atoms with Crippen molar-refractivity contribution in [2.45, 2.75) is 39.5 Å². The van der Waals surface area contributed by atoms with E-state index in [1.54, 1.807) is 4.88 Å². The van der Waals surface area contributed by atoms with Gasteiger partial charge in [-0.15, -0.1) is 11.3 Å². The molecule has 0 aromatic carbocycles. The minimum Gasteiger partial charge on any atom is -0.145 e. The molecular weight excluding hydrogens is 256 g/mol. The lowest BCUT2D eigenvalue weighted by Gasteiger charge is -2.15. The van der Waals surface area contributed by atoms with Crippen LogP contribution in [0.4, 0.5) is 0 Å². The summed E-state index contributed by atoms with van der Waals surface area (Å²) in [6, 6.07) is 4.60. The van der Waals surface area contributed by atoms with Gasteiger partial charge in [0.05, 0.1) is 0 Å². The summed E-state index contributed by atoms with van der Waals surface area (Å²) in [5, 5.41) is 1.09. The van der Waals surface area contributed by atoms with E-state index in [1.807, 2.05) is 11.3 Å². The van der Waals surface area contributed by atoms with Crippen LogP contribution in [0, 0.1) is 5.92 Å². The summed E-state index contributed by atoms with van der Waals surface area (Å²) < 4.78 is 0. The van der Waals surface area contributed by atoms with Gasteiger partial charge in [0, 0.05) is 15.1 Å². The van der Waals surface area contributed by atoms with Crippen molar-refractivity contribution in [3.8, 4) is 0 Å². The molecule has 0 N–H and O–H groups in total. The van der Waals surface area contributed by atoms with Gasteiger partial charge in [-0.05, 0) is 30.4 Å². The Morgan fingerprint density at radius 3 is 2.64 bits per heavy atom. The molecule has 0 saturated carbocycles. The summed E-state index contributed by atoms with van der Waals surface area (Å²) in [6.45, 7) is 6.87. The Bertz CT molecular complexity index is 267. The van der Waals surface area contributed by atoms with Crippen LogP contribution in [0.2, 0.25) is 0 Å². The molecule has 1 heterocycles. The van der Waals surface area contributed by atoms with E-state index in [0.717, 1.165) is 11.2 Å². The van der Waals surface area contributed by atoms with Crippen molar-refractivity contribution in [3.63, 3.8) is 0 Å². The summed E-state index contributed by atoms with van der Waals surface area (Å²) in [5.41, 5.74) is 0. The molecule has 14 heavy (non-hydrogen) atoms. The molecule has 0 bridgehead atoms. The second kappa shape index (κ2) is 5.92. The first-order valence-corrected chi connectivity index (χ1v) is 7.27. The molecule has 0 amide bonds. The predicted molar refractivity (Wildman–Crippen MR) is 69.7 cm³/mol. The molecule has 2 heteroatoms. The van der Waals surface area contributed by atoms with Crippen molar-refractivity contribution in [2.75, 3.05) is 5.33 Å². The number of hydrogen-bond acceptors (Lipinski definition) is 1. The predicted octanol–water partition coefficient (Wildman–Crippen LogP) is 4.84. The number of halogens is 1. The average molecular weight is 275 g/mol. The van der Waals surface area contributed by atoms with Crippen LogP contribution in [0.1, 0.15) is 42.9 Å². The smallest absolute Gasteiger partial charge is 0.00793 e. The van der Waals surface area contributed by atoms with Gasteiger partial charge in [-0.3, -0.25) is 0 Å². The molecule has 1 aromatic heterocycles. The summed E-state index contributed by atoms with van der Waals surface area (Å²) in [5.74, 6) is 1.41. The third-order valence-electron chi connectivity index (χ3n) is 2.72. The van der Waals surface area contributed by atoms with Crippen molar-refractivity contribution in [1.82, 2.24) is 0 Å². The zero-order chi connectivity index (χ0) is 10.6. The van der Waals surface area contributed by atoms with Crippen molar-refractivity contribution >= 4 is 27.3 Å². The Morgan fingerprint density at radius 1 is 1.36 bits per heavy atom. The van der Waals surface area contributed by atoms with Gasteiger partial charge in [-0.2, -0.15) is 0 Å². The highest BCUT2D eigenvalue weighted by molar-refractivity contribution is 9.09. The molecule has 0 aliphatic rings. The fourth-order valence-corrected chi connectivity index (χ4v) is 3.29. The van der Waals surface area contributed by atoms with Gasteiger partial charge in [0.25, 0.3) is 0 Å². The van der Waals surface area contributed by atoms with Gasteiger partial charge in [0.15, 0.2) is 0 Å². The summed E-state index contributed by atoms with van der Waals surface area (Å²) in [7, 11) is 0. The lowest BCUT2D eigenvalue weighted by atomic mass is 9.97. The Morgan fingerprint density at radius 2 is 2.07 bits per heavy atom. The van der Waals surface area contributed by atoms with Gasteiger partial charge in [-0.1, -0.05) is 43.1 Å². The van der Waals surface area contributed by atoms with E-state index >= 15 is 0 Å². The van der Waals surface area contributed by atoms with E-state index in [0.29, 0.717) is 5.92 Å². The van der Waals surface area contributed by atoms with E-state index in [2.05, 4.69) is 48.8 Å². The number of alkyl halides is 1. The normalized spacial score (nSPS) is 15.4. The highest BCUT2D eigenvalue weighted by atomic mass is 79.9. The van der Waals surface area contributed by atoms with E-state index in [1.165, 1.54) is 17.7 Å². The number of rotatable bonds is 5. The quantitative estimate of drug-likeness (QED) is 0.675. The fourth-order valence-electron chi connectivity index (χ4n) is 1.43. The van der Waals surface area contributed by atoms with Crippen molar-refractivity contribution < 1.29 is 0 Å². The number of thiophene rings is 1. The monoisotopic (exact) mass is 274 g/mol. The Labute approximate surface area is 99.9 Å². The Kier molecular flexibility index (Phi) is 5.18. The van der Waals surface area contributed by atoms with Crippen molar-refractivity contribution in [2.24, 2.45) is 5.92 Å². The minimum atomic E-state index is 0.685. The summed E-state index contributed by atoms with van der Waals surface area (Å²) in [4.78, 5) is 3.08. The van der Waals surface area contributed by atoms with E-state index < -0.39 is 0 Å². The Hall–Kier alpha value is 0.180. The van der Waals surface area contributed by atoms with Crippen molar-refractivity contribution in [3.05, 3.63) is 21.9 Å². The van der Waals surface area contributed by atoms with Crippen LogP contribution in [0.5, 0.6) is 0 Å². The van der Waals surface area contributed by atoms with Gasteiger partial charge >= 0.3 is 0 Å². The molecule has 2 atom stereocenters. The van der Waals surface area contributed by atoms with E-state index in [4.69, 9.17) is 0 Å². The van der Waals surface area contributed by atoms with Gasteiger partial charge in [-0.25, -0.2) is 0 Å². The van der Waals surface area contributed by atoms with Crippen LogP contribution in [-0.4, -0.2) is 5.33 Å². The highest BCUT2D eigenvalue weighted by Crippen LogP contribution is 2.31. The number of aryl methyl sites for hydroxylation is 1. The van der Waals surface area contributed by atoms with Crippen molar-refractivity contribution in [1.29, 1.82) is 0 Å². The second-order valence-corrected chi connectivity index (χ2v) is 5.82. The standard InChI is InChI=1S/C12H19BrS/c1-4-5-11-6-7-12(14-11)10(3)9(2)8-13/h6-7,9-10H,4-5,8H2,1-3H3. The zero-order valence-electron chi connectivity index (χ0n) is 9.22. The maximum atomic E-state index is 3.55. The van der Waals surface area contributed by atoms with Crippen LogP contribution in [0.25, 0.3) is 0 Å². The first-order valence-electron chi connectivity index (χ1n) is 5.33. The topological polar surface area (TPSA) is 0 Å². The molecule has 0 nitrogen and oxygen atoms in total. The van der Waals surface area contributed by atoms with Crippen LogP contribution >= 0.6 is 27.3 Å². The molecule has 0 aliphatic heterocycles. The number of hydrogen-bond donors (Lipinski definition) is 0. The molecule has 0 radical (unpaired) electrons. The van der Waals surface area contributed by atoms with E-state index in [-0.39, 0.29) is 0 Å². The largest absolute Gasteiger partial charge is 0.145 e. The molecule has 0 spiro atoms. The van der Waals surface area contributed by atoms with Crippen LogP contribution in [0.3, 0.4) is 0 Å². The zero-order valence-corrected chi connectivity index (χ0v) is 11.6. The molecule has 0 saturated heterocycles. The maximum Gasteiger partial charge on any atom is 0.00793 e. The lowest BCUT2D eigenvalue weighted by molar-refractivity contribution is 0.555. The highest BCUT2D eigenvalue weighted by Gasteiger charge is 2.14. The van der Waals surface area contributed by atoms with Crippen LogP contribution in [-0.2, 0) is 6.42 Å². The third-order valence-corrected chi connectivity index (χ3v) is 5.09. The average Bonchev–Trinajstić information content (AvgIpc) is 2.64.